The number of hydrogen-bond acceptors (Lipinski definition) is 4. The molecule has 1 aliphatic heterocycles. The zero-order chi connectivity index (χ0) is 20.7. The maximum atomic E-state index is 12.9. The SMILES string of the molecule is CC1(c2ccc(Cl)cc2)NC(=O)N(Cc2ccc(S(=O)(=O)C(F)F)cc2)C1=O. The fourth-order valence-electron chi connectivity index (χ4n) is 2.89. The summed E-state index contributed by atoms with van der Waals surface area (Å²) in [5.41, 5.74) is -0.311. The van der Waals surface area contributed by atoms with E-state index in [1.807, 2.05) is 0 Å². The zero-order valence-electron chi connectivity index (χ0n) is 14.5. The summed E-state index contributed by atoms with van der Waals surface area (Å²) in [5, 5.41) is 3.12. The second kappa shape index (κ2) is 7.14. The summed E-state index contributed by atoms with van der Waals surface area (Å²) < 4.78 is 48.1. The van der Waals surface area contributed by atoms with Gasteiger partial charge in [-0.1, -0.05) is 35.9 Å². The molecule has 0 radical (unpaired) electrons. The smallest absolute Gasteiger partial charge is 0.319 e. The van der Waals surface area contributed by atoms with Crippen molar-refractivity contribution >= 4 is 33.4 Å². The number of amides is 3. The molecule has 2 aromatic carbocycles. The molecule has 0 bridgehead atoms. The van der Waals surface area contributed by atoms with Gasteiger partial charge < -0.3 is 5.32 Å². The summed E-state index contributed by atoms with van der Waals surface area (Å²) >= 11 is 5.86. The second-order valence-electron chi connectivity index (χ2n) is 6.40. The Labute approximate surface area is 165 Å². The van der Waals surface area contributed by atoms with Crippen LogP contribution >= 0.6 is 11.6 Å². The van der Waals surface area contributed by atoms with Gasteiger partial charge in [-0.2, -0.15) is 8.78 Å². The quantitative estimate of drug-likeness (QED) is 0.740. The number of imide groups is 1. The van der Waals surface area contributed by atoms with Gasteiger partial charge in [-0.3, -0.25) is 9.69 Å². The van der Waals surface area contributed by atoms with Crippen molar-refractivity contribution in [3.63, 3.8) is 0 Å². The minimum Gasteiger partial charge on any atom is -0.319 e. The number of benzene rings is 2. The monoisotopic (exact) mass is 428 g/mol. The molecule has 10 heteroatoms. The van der Waals surface area contributed by atoms with Crippen molar-refractivity contribution in [2.75, 3.05) is 0 Å². The predicted molar refractivity (Wildman–Crippen MR) is 97.5 cm³/mol. The number of carbonyl (C=O) groups is 2. The molecule has 0 aliphatic carbocycles. The third-order valence-corrected chi connectivity index (χ3v) is 6.17. The number of carbonyl (C=O) groups excluding carboxylic acids is 2. The minimum absolute atomic E-state index is 0.136. The van der Waals surface area contributed by atoms with Crippen LogP contribution in [0.2, 0.25) is 5.02 Å². The van der Waals surface area contributed by atoms with E-state index in [0.717, 1.165) is 17.0 Å². The van der Waals surface area contributed by atoms with Gasteiger partial charge in [-0.15, -0.1) is 0 Å². The lowest BCUT2D eigenvalue weighted by Crippen LogP contribution is -2.40. The van der Waals surface area contributed by atoms with Crippen molar-refractivity contribution in [2.45, 2.75) is 29.7 Å². The molecule has 3 amide bonds. The van der Waals surface area contributed by atoms with Crippen LogP contribution in [0.1, 0.15) is 18.1 Å². The first-order valence-corrected chi connectivity index (χ1v) is 9.99. The van der Waals surface area contributed by atoms with Gasteiger partial charge in [-0.25, -0.2) is 13.2 Å². The van der Waals surface area contributed by atoms with Gasteiger partial charge in [-0.05, 0) is 42.3 Å². The molecule has 0 aromatic heterocycles. The molecule has 28 heavy (non-hydrogen) atoms. The van der Waals surface area contributed by atoms with Gasteiger partial charge in [0.15, 0.2) is 0 Å². The van der Waals surface area contributed by atoms with E-state index in [-0.39, 0.29) is 6.54 Å². The summed E-state index contributed by atoms with van der Waals surface area (Å²) in [4.78, 5) is 25.6. The van der Waals surface area contributed by atoms with Crippen LogP contribution in [0, 0.1) is 0 Å². The number of hydrogen-bond donors (Lipinski definition) is 1. The number of nitrogens with one attached hydrogen (secondary N) is 1. The maximum Gasteiger partial charge on any atom is 0.341 e. The molecule has 2 aromatic rings. The van der Waals surface area contributed by atoms with Crippen molar-refractivity contribution in [2.24, 2.45) is 0 Å². The molecule has 148 valence electrons. The summed E-state index contributed by atoms with van der Waals surface area (Å²) in [6.45, 7) is 1.43. The Hall–Kier alpha value is -2.52. The lowest BCUT2D eigenvalue weighted by Gasteiger charge is -2.22. The van der Waals surface area contributed by atoms with Gasteiger partial charge in [0.1, 0.15) is 5.54 Å². The van der Waals surface area contributed by atoms with Crippen molar-refractivity contribution < 1.29 is 26.8 Å². The van der Waals surface area contributed by atoms with Crippen LogP contribution in [-0.2, 0) is 26.7 Å². The van der Waals surface area contributed by atoms with Crippen molar-refractivity contribution in [1.82, 2.24) is 10.2 Å². The highest BCUT2D eigenvalue weighted by Gasteiger charge is 2.48. The Morgan fingerprint density at radius 2 is 1.64 bits per heavy atom. The van der Waals surface area contributed by atoms with Crippen molar-refractivity contribution in [3.05, 3.63) is 64.7 Å². The third-order valence-electron chi connectivity index (χ3n) is 4.52. The molecule has 1 atom stereocenters. The molecule has 1 aliphatic rings. The average molecular weight is 429 g/mol. The number of urea groups is 1. The number of alkyl halides is 2. The van der Waals surface area contributed by atoms with Gasteiger partial charge in [0.05, 0.1) is 11.4 Å². The van der Waals surface area contributed by atoms with Gasteiger partial charge in [0, 0.05) is 5.02 Å². The van der Waals surface area contributed by atoms with Crippen molar-refractivity contribution in [3.8, 4) is 0 Å². The standard InChI is InChI=1S/C18H15ClF2N2O4S/c1-18(12-4-6-13(19)7-5-12)15(24)23(17(25)22-18)10-11-2-8-14(9-3-11)28(26,27)16(20)21/h2-9,16H,10H2,1H3,(H,22,25). The minimum atomic E-state index is -4.70. The molecule has 1 unspecified atom stereocenters. The van der Waals surface area contributed by atoms with E-state index < -0.39 is 38.0 Å². The zero-order valence-corrected chi connectivity index (χ0v) is 16.1. The lowest BCUT2D eigenvalue weighted by atomic mass is 9.92. The highest BCUT2D eigenvalue weighted by molar-refractivity contribution is 7.91. The molecule has 0 saturated carbocycles. The second-order valence-corrected chi connectivity index (χ2v) is 8.76. The largest absolute Gasteiger partial charge is 0.341 e. The molecule has 0 spiro atoms. The normalized spacial score (nSPS) is 20.0. The number of sulfone groups is 1. The maximum absolute atomic E-state index is 12.9. The highest BCUT2D eigenvalue weighted by Crippen LogP contribution is 2.30. The van der Waals surface area contributed by atoms with Crippen LogP contribution in [0.15, 0.2) is 53.4 Å². The molecule has 6 nitrogen and oxygen atoms in total. The molecule has 1 saturated heterocycles. The van der Waals surface area contributed by atoms with E-state index >= 15 is 0 Å². The predicted octanol–water partition coefficient (Wildman–Crippen LogP) is 3.30. The Morgan fingerprint density at radius 3 is 2.18 bits per heavy atom. The van der Waals surface area contributed by atoms with Crippen LogP contribution in [-0.4, -0.2) is 31.0 Å². The summed E-state index contributed by atoms with van der Waals surface area (Å²) in [6.07, 6.45) is 0. The van der Waals surface area contributed by atoms with Crippen LogP contribution in [0.3, 0.4) is 0 Å². The van der Waals surface area contributed by atoms with Gasteiger partial charge in [0.25, 0.3) is 5.91 Å². The lowest BCUT2D eigenvalue weighted by molar-refractivity contribution is -0.131. The summed E-state index contributed by atoms with van der Waals surface area (Å²) in [6, 6.07) is 10.5. The molecular formula is C18H15ClF2N2O4S. The fourth-order valence-corrected chi connectivity index (χ4v) is 3.74. The first-order valence-electron chi connectivity index (χ1n) is 8.07. The van der Waals surface area contributed by atoms with E-state index in [1.165, 1.54) is 12.1 Å². The van der Waals surface area contributed by atoms with Gasteiger partial charge >= 0.3 is 11.8 Å². The molecular weight excluding hydrogens is 414 g/mol. The Morgan fingerprint density at radius 1 is 1.07 bits per heavy atom. The molecule has 1 heterocycles. The molecule has 1 N–H and O–H groups in total. The van der Waals surface area contributed by atoms with E-state index in [9.17, 15) is 26.8 Å². The number of halogens is 3. The van der Waals surface area contributed by atoms with Crippen LogP contribution in [0.25, 0.3) is 0 Å². The Kier molecular flexibility index (Phi) is 5.16. The average Bonchev–Trinajstić information content (AvgIpc) is 2.86. The van der Waals surface area contributed by atoms with E-state index in [2.05, 4.69) is 5.32 Å². The van der Waals surface area contributed by atoms with Crippen molar-refractivity contribution in [1.29, 1.82) is 0 Å². The molecule has 3 rings (SSSR count). The first kappa shape index (κ1) is 20.2. The van der Waals surface area contributed by atoms with Crippen LogP contribution in [0.5, 0.6) is 0 Å². The molecule has 1 fully saturated rings. The Balaban J connectivity index is 1.82. The summed E-state index contributed by atoms with van der Waals surface area (Å²) in [5.74, 6) is -4.02. The van der Waals surface area contributed by atoms with Crippen LogP contribution in [0.4, 0.5) is 13.6 Å². The fraction of sp³-hybridized carbons (Fsp3) is 0.222. The van der Waals surface area contributed by atoms with Gasteiger partial charge in [0.2, 0.25) is 9.84 Å². The number of nitrogens with zero attached hydrogens (tertiary/aromatic N) is 1. The first-order chi connectivity index (χ1) is 13.1. The topological polar surface area (TPSA) is 83.6 Å². The Bertz CT molecular complexity index is 1030. The number of rotatable bonds is 5. The van der Waals surface area contributed by atoms with E-state index in [4.69, 9.17) is 11.6 Å². The highest BCUT2D eigenvalue weighted by atomic mass is 35.5. The van der Waals surface area contributed by atoms with Crippen LogP contribution < -0.4 is 5.32 Å². The van der Waals surface area contributed by atoms with E-state index in [0.29, 0.717) is 16.1 Å². The summed E-state index contributed by atoms with van der Waals surface area (Å²) in [7, 11) is -4.70. The van der Waals surface area contributed by atoms with E-state index in [1.54, 1.807) is 31.2 Å². The third kappa shape index (κ3) is 3.47.